The molecule has 1 aromatic carbocycles. The molecule has 0 saturated carbocycles. The smallest absolute Gasteiger partial charge is 0.312 e. The van der Waals surface area contributed by atoms with E-state index in [2.05, 4.69) is 16.0 Å². The molecule has 0 atom stereocenters. The van der Waals surface area contributed by atoms with Crippen LogP contribution in [0.2, 0.25) is 0 Å². The van der Waals surface area contributed by atoms with E-state index in [1.54, 1.807) is 27.6 Å². The van der Waals surface area contributed by atoms with Crippen LogP contribution in [0.4, 0.5) is 5.69 Å². The van der Waals surface area contributed by atoms with Gasteiger partial charge in [-0.15, -0.1) is 34.0 Å². The maximum absolute atomic E-state index is 12.7. The van der Waals surface area contributed by atoms with Crippen molar-refractivity contribution in [3.8, 4) is 21.1 Å². The number of nitrogens with zero attached hydrogens (tertiary/aromatic N) is 3. The Hall–Kier alpha value is -2.88. The van der Waals surface area contributed by atoms with Gasteiger partial charge in [-0.1, -0.05) is 12.1 Å². The van der Waals surface area contributed by atoms with Crippen molar-refractivity contribution in [2.75, 3.05) is 18.1 Å². The van der Waals surface area contributed by atoms with Gasteiger partial charge in [0.15, 0.2) is 6.61 Å². The van der Waals surface area contributed by atoms with E-state index in [0.717, 1.165) is 43.8 Å². The van der Waals surface area contributed by atoms with Crippen LogP contribution < -0.4 is 4.90 Å². The third-order valence-corrected chi connectivity index (χ3v) is 7.86. The zero-order valence-electron chi connectivity index (χ0n) is 17.2. The van der Waals surface area contributed by atoms with Gasteiger partial charge < -0.3 is 9.64 Å². The molecule has 0 saturated heterocycles. The highest BCUT2D eigenvalue weighted by Crippen LogP contribution is 2.33. The molecular formula is C23H19N3O3S3. The summed E-state index contributed by atoms with van der Waals surface area (Å²) in [5, 5.41) is 7.81. The summed E-state index contributed by atoms with van der Waals surface area (Å²) in [6.07, 6.45) is 0.832. The van der Waals surface area contributed by atoms with E-state index in [1.165, 1.54) is 11.3 Å². The van der Waals surface area contributed by atoms with Crippen molar-refractivity contribution in [2.45, 2.75) is 19.8 Å². The fraction of sp³-hybridized carbons (Fsp3) is 0.217. The highest BCUT2D eigenvalue weighted by Gasteiger charge is 2.26. The second-order valence-corrected chi connectivity index (χ2v) is 10.2. The summed E-state index contributed by atoms with van der Waals surface area (Å²) in [6.45, 7) is 2.30. The minimum absolute atomic E-state index is 0.0577. The number of hydrogen-bond donors (Lipinski definition) is 0. The zero-order chi connectivity index (χ0) is 22.1. The first-order valence-electron chi connectivity index (χ1n) is 10.1. The van der Waals surface area contributed by atoms with Crippen molar-refractivity contribution in [1.29, 1.82) is 0 Å². The Kier molecular flexibility index (Phi) is 5.86. The summed E-state index contributed by atoms with van der Waals surface area (Å²) in [6, 6.07) is 10.00. The zero-order valence-corrected chi connectivity index (χ0v) is 19.7. The molecule has 162 valence electrons. The number of thiophene rings is 1. The molecule has 0 unspecified atom stereocenters. The van der Waals surface area contributed by atoms with Crippen molar-refractivity contribution < 1.29 is 14.3 Å². The highest BCUT2D eigenvalue weighted by molar-refractivity contribution is 7.20. The van der Waals surface area contributed by atoms with Crippen LogP contribution in [0.5, 0.6) is 0 Å². The number of thiazole rings is 2. The number of rotatable bonds is 6. The molecule has 0 spiro atoms. The quantitative estimate of drug-likeness (QED) is 0.363. The van der Waals surface area contributed by atoms with Gasteiger partial charge in [0.25, 0.3) is 5.91 Å². The predicted molar refractivity (Wildman–Crippen MR) is 128 cm³/mol. The summed E-state index contributed by atoms with van der Waals surface area (Å²) >= 11 is 4.73. The molecule has 4 aromatic rings. The number of carbonyl (C=O) groups excluding carboxylic acids is 2. The van der Waals surface area contributed by atoms with Gasteiger partial charge >= 0.3 is 5.97 Å². The van der Waals surface area contributed by atoms with Gasteiger partial charge in [0.1, 0.15) is 5.01 Å². The van der Waals surface area contributed by atoms with Crippen LogP contribution in [-0.2, 0) is 27.2 Å². The number of amides is 1. The first-order chi connectivity index (χ1) is 15.6. The molecule has 0 bridgehead atoms. The number of anilines is 1. The normalized spacial score (nSPS) is 12.7. The number of carbonyl (C=O) groups is 2. The van der Waals surface area contributed by atoms with Gasteiger partial charge in [0.2, 0.25) is 0 Å². The molecule has 6 nitrogen and oxygen atoms in total. The molecule has 32 heavy (non-hydrogen) atoms. The van der Waals surface area contributed by atoms with Crippen LogP contribution in [0.15, 0.2) is 46.5 Å². The number of benzene rings is 1. The molecule has 0 aliphatic carbocycles. The minimum Gasteiger partial charge on any atom is -0.455 e. The van der Waals surface area contributed by atoms with Crippen molar-refractivity contribution in [1.82, 2.24) is 9.97 Å². The molecule has 5 rings (SSSR count). The molecule has 0 radical (unpaired) electrons. The summed E-state index contributed by atoms with van der Waals surface area (Å²) in [5.74, 6) is -0.665. The molecule has 3 aromatic heterocycles. The first kappa shape index (κ1) is 21.0. The summed E-state index contributed by atoms with van der Waals surface area (Å²) in [7, 11) is 0. The standard InChI is InChI=1S/C23H19N3O3S3/c1-14-24-18(13-31-14)15-4-5-19-16(9-15)6-7-26(19)21(27)11-29-22(28)10-17-12-32-23(25-17)20-3-2-8-30-20/h2-5,8-9,12-13H,6-7,10-11H2,1H3. The minimum atomic E-state index is -0.449. The largest absolute Gasteiger partial charge is 0.455 e. The van der Waals surface area contributed by atoms with Gasteiger partial charge in [-0.05, 0) is 42.5 Å². The molecule has 0 fully saturated rings. The molecular weight excluding hydrogens is 462 g/mol. The van der Waals surface area contributed by atoms with Crippen molar-refractivity contribution in [2.24, 2.45) is 0 Å². The van der Waals surface area contributed by atoms with Crippen LogP contribution in [0, 0.1) is 6.92 Å². The van der Waals surface area contributed by atoms with Gasteiger partial charge in [0, 0.05) is 28.6 Å². The van der Waals surface area contributed by atoms with Gasteiger partial charge in [-0.25, -0.2) is 9.97 Å². The van der Waals surface area contributed by atoms with E-state index in [1.807, 2.05) is 47.3 Å². The molecule has 1 aliphatic heterocycles. The number of aromatic nitrogens is 2. The van der Waals surface area contributed by atoms with E-state index >= 15 is 0 Å². The second-order valence-electron chi connectivity index (χ2n) is 7.35. The number of aryl methyl sites for hydroxylation is 1. The van der Waals surface area contributed by atoms with E-state index in [-0.39, 0.29) is 18.9 Å². The lowest BCUT2D eigenvalue weighted by molar-refractivity contribution is -0.147. The van der Waals surface area contributed by atoms with Gasteiger partial charge in [-0.2, -0.15) is 0 Å². The Balaban J connectivity index is 1.18. The fourth-order valence-corrected chi connectivity index (χ4v) is 5.89. The monoisotopic (exact) mass is 481 g/mol. The molecule has 1 aliphatic rings. The van der Waals surface area contributed by atoms with Crippen molar-refractivity contribution in [3.63, 3.8) is 0 Å². The third kappa shape index (κ3) is 4.36. The Morgan fingerprint density at radius 3 is 2.81 bits per heavy atom. The van der Waals surface area contributed by atoms with Crippen LogP contribution in [0.3, 0.4) is 0 Å². The Morgan fingerprint density at radius 2 is 2.03 bits per heavy atom. The number of esters is 1. The van der Waals surface area contributed by atoms with Crippen molar-refractivity contribution in [3.05, 3.63) is 62.7 Å². The third-order valence-electron chi connectivity index (χ3n) is 5.16. The van der Waals surface area contributed by atoms with Crippen LogP contribution in [0.25, 0.3) is 21.1 Å². The van der Waals surface area contributed by atoms with Gasteiger partial charge in [0.05, 0.1) is 27.7 Å². The van der Waals surface area contributed by atoms with Crippen LogP contribution in [0.1, 0.15) is 16.3 Å². The van der Waals surface area contributed by atoms with Crippen molar-refractivity contribution >= 4 is 51.6 Å². The van der Waals surface area contributed by atoms with Gasteiger partial charge in [-0.3, -0.25) is 9.59 Å². The van der Waals surface area contributed by atoms with Crippen LogP contribution >= 0.6 is 34.0 Å². The summed E-state index contributed by atoms with van der Waals surface area (Å²) < 4.78 is 5.26. The number of ether oxygens (including phenoxy) is 1. The lowest BCUT2D eigenvalue weighted by Crippen LogP contribution is -2.33. The maximum atomic E-state index is 12.7. The van der Waals surface area contributed by atoms with Crippen LogP contribution in [-0.4, -0.2) is 35.0 Å². The van der Waals surface area contributed by atoms with E-state index < -0.39 is 5.97 Å². The molecule has 1 amide bonds. The summed E-state index contributed by atoms with van der Waals surface area (Å²) in [5.41, 5.74) is 4.66. The van der Waals surface area contributed by atoms with E-state index in [9.17, 15) is 9.59 Å². The number of fused-ring (bicyclic) bond motifs is 1. The Labute approximate surface area is 197 Å². The average Bonchev–Trinajstić information content (AvgIpc) is 3.58. The van der Waals surface area contributed by atoms with E-state index in [0.29, 0.717) is 12.2 Å². The number of hydrogen-bond acceptors (Lipinski definition) is 8. The fourth-order valence-electron chi connectivity index (χ4n) is 3.64. The Bertz CT molecular complexity index is 1280. The SMILES string of the molecule is Cc1nc(-c2ccc3c(c2)CCN3C(=O)COC(=O)Cc2csc(-c3cccs3)n2)cs1. The topological polar surface area (TPSA) is 72.4 Å². The first-order valence-corrected chi connectivity index (χ1v) is 12.7. The Morgan fingerprint density at radius 1 is 1.12 bits per heavy atom. The second kappa shape index (κ2) is 8.93. The average molecular weight is 482 g/mol. The summed E-state index contributed by atoms with van der Waals surface area (Å²) in [4.78, 5) is 36.7. The highest BCUT2D eigenvalue weighted by atomic mass is 32.1. The molecule has 0 N–H and O–H groups in total. The lowest BCUT2D eigenvalue weighted by Gasteiger charge is -2.17. The molecule has 9 heteroatoms. The molecule has 4 heterocycles. The predicted octanol–water partition coefficient (Wildman–Crippen LogP) is 4.98. The van der Waals surface area contributed by atoms with E-state index in [4.69, 9.17) is 4.74 Å². The lowest BCUT2D eigenvalue weighted by atomic mass is 10.1. The maximum Gasteiger partial charge on any atom is 0.312 e.